The van der Waals surface area contributed by atoms with Crippen molar-refractivity contribution in [2.45, 2.75) is 6.54 Å². The zero-order chi connectivity index (χ0) is 12.1. The summed E-state index contributed by atoms with van der Waals surface area (Å²) in [6, 6.07) is 3.90. The minimum absolute atomic E-state index is 0.422. The van der Waals surface area contributed by atoms with Crippen molar-refractivity contribution in [1.82, 2.24) is 19.9 Å². The van der Waals surface area contributed by atoms with Gasteiger partial charge in [-0.1, -0.05) is 0 Å². The molecule has 2 aromatic rings. The van der Waals surface area contributed by atoms with Gasteiger partial charge in [-0.3, -0.25) is 9.56 Å². The lowest BCUT2D eigenvalue weighted by Crippen LogP contribution is -2.30. The fraction of sp³-hybridized carbons (Fsp3) is 0.182. The summed E-state index contributed by atoms with van der Waals surface area (Å²) in [6.07, 6.45) is 7.03. The Balaban J connectivity index is 2.12. The molecule has 0 saturated carbocycles. The van der Waals surface area contributed by atoms with Gasteiger partial charge < -0.3 is 11.1 Å². The fourth-order valence-electron chi connectivity index (χ4n) is 1.38. The van der Waals surface area contributed by atoms with E-state index in [1.165, 1.54) is 0 Å². The van der Waals surface area contributed by atoms with Crippen molar-refractivity contribution in [2.75, 3.05) is 7.05 Å². The third-order valence-corrected chi connectivity index (χ3v) is 2.29. The number of aliphatic imine (C=N–C) groups is 1. The van der Waals surface area contributed by atoms with E-state index in [1.54, 1.807) is 25.8 Å². The first kappa shape index (κ1) is 11.1. The van der Waals surface area contributed by atoms with E-state index < -0.39 is 0 Å². The first-order valence-electron chi connectivity index (χ1n) is 5.19. The average molecular weight is 230 g/mol. The maximum atomic E-state index is 5.56. The van der Waals surface area contributed by atoms with Gasteiger partial charge in [0.1, 0.15) is 12.1 Å². The van der Waals surface area contributed by atoms with Crippen LogP contribution in [0.1, 0.15) is 5.56 Å². The van der Waals surface area contributed by atoms with Crippen LogP contribution in [0.5, 0.6) is 0 Å². The minimum atomic E-state index is 0.422. The molecule has 6 heteroatoms. The number of guanidine groups is 1. The number of hydrogen-bond acceptors (Lipinski definition) is 3. The van der Waals surface area contributed by atoms with Crippen LogP contribution in [-0.2, 0) is 6.54 Å². The van der Waals surface area contributed by atoms with Gasteiger partial charge in [0.15, 0.2) is 5.96 Å². The van der Waals surface area contributed by atoms with Gasteiger partial charge >= 0.3 is 0 Å². The summed E-state index contributed by atoms with van der Waals surface area (Å²) in [7, 11) is 1.64. The molecule has 0 atom stereocenters. The topological polar surface area (TPSA) is 81.1 Å². The van der Waals surface area contributed by atoms with Crippen LogP contribution >= 0.6 is 0 Å². The summed E-state index contributed by atoms with van der Waals surface area (Å²) in [6.45, 7) is 0.618. The first-order valence-corrected chi connectivity index (χ1v) is 5.19. The molecular weight excluding hydrogens is 216 g/mol. The highest BCUT2D eigenvalue weighted by Crippen LogP contribution is 2.06. The third kappa shape index (κ3) is 2.81. The highest BCUT2D eigenvalue weighted by Gasteiger charge is 1.99. The number of rotatable bonds is 3. The molecular formula is C11H14N6. The summed E-state index contributed by atoms with van der Waals surface area (Å²) in [5, 5.41) is 3.00. The zero-order valence-electron chi connectivity index (χ0n) is 9.54. The molecule has 2 aromatic heterocycles. The van der Waals surface area contributed by atoms with Crippen molar-refractivity contribution in [1.29, 1.82) is 0 Å². The van der Waals surface area contributed by atoms with E-state index in [2.05, 4.69) is 20.3 Å². The Labute approximate surface area is 99.2 Å². The van der Waals surface area contributed by atoms with Crippen molar-refractivity contribution in [2.24, 2.45) is 10.7 Å². The molecule has 88 valence electrons. The predicted octanol–water partition coefficient (Wildman–Crippen LogP) is 0.301. The van der Waals surface area contributed by atoms with Crippen molar-refractivity contribution in [3.63, 3.8) is 0 Å². The van der Waals surface area contributed by atoms with Crippen LogP contribution in [-0.4, -0.2) is 27.5 Å². The average Bonchev–Trinajstić information content (AvgIpc) is 2.90. The molecule has 0 unspecified atom stereocenters. The minimum Gasteiger partial charge on any atom is -0.370 e. The second kappa shape index (κ2) is 5.11. The molecule has 0 bridgehead atoms. The normalized spacial score (nSPS) is 11.5. The molecule has 0 saturated heterocycles. The Morgan fingerprint density at radius 2 is 2.41 bits per heavy atom. The molecule has 3 N–H and O–H groups in total. The van der Waals surface area contributed by atoms with Gasteiger partial charge in [0, 0.05) is 32.2 Å². The maximum absolute atomic E-state index is 5.56. The van der Waals surface area contributed by atoms with Gasteiger partial charge in [-0.15, -0.1) is 0 Å². The van der Waals surface area contributed by atoms with Gasteiger partial charge in [-0.2, -0.15) is 0 Å². The van der Waals surface area contributed by atoms with E-state index in [-0.39, 0.29) is 0 Å². The van der Waals surface area contributed by atoms with Gasteiger partial charge in [0.25, 0.3) is 0 Å². The molecule has 2 rings (SSSR count). The highest BCUT2D eigenvalue weighted by atomic mass is 15.1. The Hall–Kier alpha value is -2.37. The first-order chi connectivity index (χ1) is 8.29. The van der Waals surface area contributed by atoms with Crippen LogP contribution in [0.4, 0.5) is 0 Å². The largest absolute Gasteiger partial charge is 0.370 e. The molecule has 0 aromatic carbocycles. The number of nitrogens with one attached hydrogen (secondary N) is 1. The van der Waals surface area contributed by atoms with E-state index in [0.717, 1.165) is 11.4 Å². The monoisotopic (exact) mass is 230 g/mol. The van der Waals surface area contributed by atoms with Gasteiger partial charge in [-0.25, -0.2) is 9.97 Å². The Morgan fingerprint density at radius 1 is 1.53 bits per heavy atom. The van der Waals surface area contributed by atoms with E-state index in [4.69, 9.17) is 5.73 Å². The molecule has 0 aliphatic heterocycles. The molecule has 6 nitrogen and oxygen atoms in total. The van der Waals surface area contributed by atoms with Crippen LogP contribution in [0.2, 0.25) is 0 Å². The molecule has 0 radical (unpaired) electrons. The number of imidazole rings is 1. The third-order valence-electron chi connectivity index (χ3n) is 2.29. The lowest BCUT2D eigenvalue weighted by molar-refractivity contribution is 0.887. The summed E-state index contributed by atoms with van der Waals surface area (Å²) in [5.41, 5.74) is 6.64. The number of nitrogens with two attached hydrogens (primary N) is 1. The van der Waals surface area contributed by atoms with Gasteiger partial charge in [0.05, 0.1) is 0 Å². The smallest absolute Gasteiger partial charge is 0.188 e. The second-order valence-corrected chi connectivity index (χ2v) is 3.45. The summed E-state index contributed by atoms with van der Waals surface area (Å²) in [4.78, 5) is 12.1. The van der Waals surface area contributed by atoms with Gasteiger partial charge in [0.2, 0.25) is 0 Å². The quantitative estimate of drug-likeness (QED) is 0.587. The van der Waals surface area contributed by atoms with Crippen molar-refractivity contribution < 1.29 is 0 Å². The maximum Gasteiger partial charge on any atom is 0.188 e. The van der Waals surface area contributed by atoms with Gasteiger partial charge in [-0.05, 0) is 17.7 Å². The summed E-state index contributed by atoms with van der Waals surface area (Å²) in [5.74, 6) is 1.25. The molecule has 2 heterocycles. The standard InChI is InChI=1S/C11H14N6/c1-13-11(12)16-7-9-2-3-15-10(6-9)17-5-4-14-8-17/h2-6,8H,7H2,1H3,(H3,12,13,16). The van der Waals surface area contributed by atoms with E-state index >= 15 is 0 Å². The highest BCUT2D eigenvalue weighted by molar-refractivity contribution is 5.77. The molecule has 0 spiro atoms. The number of hydrogen-bond donors (Lipinski definition) is 2. The molecule has 0 aliphatic rings. The Bertz CT molecular complexity index is 502. The molecule has 0 amide bonds. The fourth-order valence-corrected chi connectivity index (χ4v) is 1.38. The summed E-state index contributed by atoms with van der Waals surface area (Å²) < 4.78 is 1.85. The Morgan fingerprint density at radius 3 is 3.12 bits per heavy atom. The SMILES string of the molecule is CN=C(N)NCc1ccnc(-n2ccnc2)c1. The molecule has 17 heavy (non-hydrogen) atoms. The van der Waals surface area contributed by atoms with Crippen molar-refractivity contribution in [3.05, 3.63) is 42.6 Å². The number of pyridine rings is 1. The van der Waals surface area contributed by atoms with E-state index in [1.807, 2.05) is 22.9 Å². The van der Waals surface area contributed by atoms with Crippen LogP contribution in [0, 0.1) is 0 Å². The van der Waals surface area contributed by atoms with Crippen LogP contribution in [0.3, 0.4) is 0 Å². The van der Waals surface area contributed by atoms with Crippen molar-refractivity contribution in [3.8, 4) is 5.82 Å². The Kier molecular flexibility index (Phi) is 3.34. The van der Waals surface area contributed by atoms with Crippen molar-refractivity contribution >= 4 is 5.96 Å². The molecule has 0 aliphatic carbocycles. The number of nitrogens with zero attached hydrogens (tertiary/aromatic N) is 4. The zero-order valence-corrected chi connectivity index (χ0v) is 9.54. The number of aromatic nitrogens is 3. The lowest BCUT2D eigenvalue weighted by atomic mass is 10.2. The van der Waals surface area contributed by atoms with Crippen LogP contribution in [0.25, 0.3) is 5.82 Å². The van der Waals surface area contributed by atoms with Crippen LogP contribution in [0.15, 0.2) is 42.0 Å². The molecule has 0 fully saturated rings. The predicted molar refractivity (Wildman–Crippen MR) is 65.7 cm³/mol. The van der Waals surface area contributed by atoms with E-state index in [9.17, 15) is 0 Å². The lowest BCUT2D eigenvalue weighted by Gasteiger charge is -2.06. The summed E-state index contributed by atoms with van der Waals surface area (Å²) >= 11 is 0. The second-order valence-electron chi connectivity index (χ2n) is 3.45. The van der Waals surface area contributed by atoms with E-state index in [0.29, 0.717) is 12.5 Å². The van der Waals surface area contributed by atoms with Crippen LogP contribution < -0.4 is 11.1 Å².